The van der Waals surface area contributed by atoms with Crippen molar-refractivity contribution in [3.05, 3.63) is 12.2 Å². The Hall–Kier alpha value is -0.460. The number of hydrogen-bond acceptors (Lipinski definition) is 5. The first-order valence-electron chi connectivity index (χ1n) is 11.6. The van der Waals surface area contributed by atoms with Gasteiger partial charge >= 0.3 is 0 Å². The van der Waals surface area contributed by atoms with Crippen molar-refractivity contribution >= 4 is 0 Å². The summed E-state index contributed by atoms with van der Waals surface area (Å²) in [6.45, 7) is 2.68. The third-order valence-electron chi connectivity index (χ3n) is 5.47. The van der Waals surface area contributed by atoms with E-state index in [1.165, 1.54) is 57.8 Å². The van der Waals surface area contributed by atoms with Crippen molar-refractivity contribution in [1.82, 2.24) is 0 Å². The smallest absolute Gasteiger partial charge is 0.114 e. The Morgan fingerprint density at radius 3 is 2.00 bits per heavy atom. The normalized spacial score (nSPS) is 23.6. The molecule has 3 N–H and O–H groups in total. The molecule has 28 heavy (non-hydrogen) atoms. The minimum atomic E-state index is -0.983. The minimum Gasteiger partial charge on any atom is -0.394 e. The largest absolute Gasteiger partial charge is 0.394 e. The molecule has 1 aliphatic heterocycles. The number of aliphatic hydroxyl groups is 3. The SMILES string of the molecule is CCCCCCCCCC/C=C/CCCCCO[C@@H](CO)[C@H]1OC[C@@H](O)[C@H]1O. The van der Waals surface area contributed by atoms with Gasteiger partial charge in [0.1, 0.15) is 24.4 Å². The van der Waals surface area contributed by atoms with Crippen LogP contribution in [0.5, 0.6) is 0 Å². The van der Waals surface area contributed by atoms with Crippen LogP contribution >= 0.6 is 0 Å². The Bertz CT molecular complexity index is 374. The van der Waals surface area contributed by atoms with Gasteiger partial charge in [-0.05, 0) is 32.1 Å². The fourth-order valence-corrected chi connectivity index (χ4v) is 3.61. The Labute approximate surface area is 172 Å². The van der Waals surface area contributed by atoms with Gasteiger partial charge < -0.3 is 24.8 Å². The van der Waals surface area contributed by atoms with Crippen LogP contribution in [0, 0.1) is 0 Å². The zero-order valence-electron chi connectivity index (χ0n) is 17.9. The van der Waals surface area contributed by atoms with E-state index in [4.69, 9.17) is 9.47 Å². The minimum absolute atomic E-state index is 0.0942. The van der Waals surface area contributed by atoms with Crippen LogP contribution in [0.4, 0.5) is 0 Å². The summed E-state index contributed by atoms with van der Waals surface area (Å²) in [4.78, 5) is 0. The van der Waals surface area contributed by atoms with Crippen LogP contribution in [0.1, 0.15) is 90.4 Å². The van der Waals surface area contributed by atoms with Crippen LogP contribution in [0.25, 0.3) is 0 Å². The highest BCUT2D eigenvalue weighted by atomic mass is 16.6. The van der Waals surface area contributed by atoms with E-state index in [0.717, 1.165) is 25.7 Å². The molecule has 0 aliphatic carbocycles. The Kier molecular flexibility index (Phi) is 15.9. The summed E-state index contributed by atoms with van der Waals surface area (Å²) in [5.74, 6) is 0. The Morgan fingerprint density at radius 1 is 0.893 bits per heavy atom. The molecule has 1 aliphatic rings. The highest BCUT2D eigenvalue weighted by Gasteiger charge is 2.40. The molecule has 0 radical (unpaired) electrons. The summed E-state index contributed by atoms with van der Waals surface area (Å²) in [7, 11) is 0. The molecule has 1 fully saturated rings. The second-order valence-corrected chi connectivity index (χ2v) is 8.03. The molecule has 5 nitrogen and oxygen atoms in total. The predicted octanol–water partition coefficient (Wildman–Crippen LogP) is 4.13. The lowest BCUT2D eigenvalue weighted by molar-refractivity contribution is -0.101. The van der Waals surface area contributed by atoms with Gasteiger partial charge in [0, 0.05) is 6.61 Å². The molecule has 0 saturated carbocycles. The first kappa shape index (κ1) is 25.6. The van der Waals surface area contributed by atoms with Crippen molar-refractivity contribution in [3.8, 4) is 0 Å². The van der Waals surface area contributed by atoms with Crippen molar-refractivity contribution in [3.63, 3.8) is 0 Å². The van der Waals surface area contributed by atoms with Gasteiger partial charge in [0.2, 0.25) is 0 Å². The van der Waals surface area contributed by atoms with Crippen molar-refractivity contribution in [2.24, 2.45) is 0 Å². The molecule has 0 spiro atoms. The molecule has 1 saturated heterocycles. The van der Waals surface area contributed by atoms with Crippen LogP contribution in [0.15, 0.2) is 12.2 Å². The fourth-order valence-electron chi connectivity index (χ4n) is 3.61. The standard InChI is InChI=1S/C23H44O5/c1-2-3-4-5-6-7-8-9-10-11-12-13-14-15-16-17-27-21(18-24)23-22(26)20(25)19-28-23/h11-12,20-26H,2-10,13-19H2,1H3/b12-11+/t20-,21+,22-,23-/m1/s1. The molecule has 1 rings (SSSR count). The van der Waals surface area contributed by atoms with Crippen LogP contribution in [0.2, 0.25) is 0 Å². The zero-order valence-corrected chi connectivity index (χ0v) is 17.9. The molecule has 0 aromatic carbocycles. The summed E-state index contributed by atoms with van der Waals surface area (Å²) in [6.07, 6.45) is 18.0. The van der Waals surface area contributed by atoms with E-state index in [2.05, 4.69) is 19.1 Å². The van der Waals surface area contributed by atoms with E-state index in [1.54, 1.807) is 0 Å². The molecule has 0 aromatic heterocycles. The van der Waals surface area contributed by atoms with E-state index in [9.17, 15) is 15.3 Å². The molecule has 4 atom stereocenters. The van der Waals surface area contributed by atoms with E-state index >= 15 is 0 Å². The number of hydrogen-bond donors (Lipinski definition) is 3. The monoisotopic (exact) mass is 400 g/mol. The van der Waals surface area contributed by atoms with Gasteiger partial charge in [-0.2, -0.15) is 0 Å². The van der Waals surface area contributed by atoms with Gasteiger partial charge in [0.25, 0.3) is 0 Å². The lowest BCUT2D eigenvalue weighted by Crippen LogP contribution is -2.42. The topological polar surface area (TPSA) is 79.2 Å². The predicted molar refractivity (Wildman–Crippen MR) is 113 cm³/mol. The molecular weight excluding hydrogens is 356 g/mol. The number of rotatable bonds is 18. The summed E-state index contributed by atoms with van der Waals surface area (Å²) < 4.78 is 11.0. The lowest BCUT2D eigenvalue weighted by Gasteiger charge is -2.24. The number of ether oxygens (including phenoxy) is 2. The highest BCUT2D eigenvalue weighted by molar-refractivity contribution is 4.88. The van der Waals surface area contributed by atoms with E-state index < -0.39 is 24.4 Å². The molecule has 0 bridgehead atoms. The van der Waals surface area contributed by atoms with Crippen molar-refractivity contribution in [2.75, 3.05) is 19.8 Å². The molecule has 0 amide bonds. The van der Waals surface area contributed by atoms with Crippen LogP contribution in [0.3, 0.4) is 0 Å². The molecule has 166 valence electrons. The Morgan fingerprint density at radius 2 is 1.46 bits per heavy atom. The Balaban J connectivity index is 1.88. The van der Waals surface area contributed by atoms with Gasteiger partial charge in [-0.3, -0.25) is 0 Å². The third-order valence-corrected chi connectivity index (χ3v) is 5.47. The number of unbranched alkanes of at least 4 members (excludes halogenated alkanes) is 11. The van der Waals surface area contributed by atoms with Gasteiger partial charge in [-0.15, -0.1) is 0 Å². The average molecular weight is 401 g/mol. The van der Waals surface area contributed by atoms with E-state index in [-0.39, 0.29) is 13.2 Å². The molecular formula is C23H44O5. The van der Waals surface area contributed by atoms with Crippen LogP contribution < -0.4 is 0 Å². The first-order chi connectivity index (χ1) is 13.7. The van der Waals surface area contributed by atoms with Crippen LogP contribution in [-0.2, 0) is 9.47 Å². The summed E-state index contributed by atoms with van der Waals surface area (Å²) >= 11 is 0. The zero-order chi connectivity index (χ0) is 20.5. The van der Waals surface area contributed by atoms with Gasteiger partial charge in [0.05, 0.1) is 13.2 Å². The fraction of sp³-hybridized carbons (Fsp3) is 0.913. The maximum Gasteiger partial charge on any atom is 0.114 e. The number of allylic oxidation sites excluding steroid dienone is 2. The lowest BCUT2D eigenvalue weighted by atomic mass is 10.1. The second kappa shape index (κ2) is 17.4. The second-order valence-electron chi connectivity index (χ2n) is 8.03. The van der Waals surface area contributed by atoms with E-state index in [0.29, 0.717) is 6.61 Å². The average Bonchev–Trinajstić information content (AvgIpc) is 3.03. The van der Waals surface area contributed by atoms with Gasteiger partial charge in [0.15, 0.2) is 0 Å². The highest BCUT2D eigenvalue weighted by Crippen LogP contribution is 2.20. The molecule has 5 heteroatoms. The molecule has 0 unspecified atom stereocenters. The summed E-state index contributed by atoms with van der Waals surface area (Å²) in [6, 6.07) is 0. The van der Waals surface area contributed by atoms with Crippen molar-refractivity contribution in [2.45, 2.75) is 115 Å². The van der Waals surface area contributed by atoms with E-state index in [1.807, 2.05) is 0 Å². The van der Waals surface area contributed by atoms with Gasteiger partial charge in [-0.25, -0.2) is 0 Å². The maximum atomic E-state index is 9.82. The summed E-state index contributed by atoms with van der Waals surface area (Å²) in [5, 5.41) is 28.7. The first-order valence-corrected chi connectivity index (χ1v) is 11.6. The molecule has 1 heterocycles. The third kappa shape index (κ3) is 11.5. The maximum absolute atomic E-state index is 9.82. The quantitative estimate of drug-likeness (QED) is 0.238. The van der Waals surface area contributed by atoms with Crippen molar-refractivity contribution < 1.29 is 24.8 Å². The van der Waals surface area contributed by atoms with Crippen LogP contribution in [-0.4, -0.2) is 59.6 Å². The number of aliphatic hydroxyl groups excluding tert-OH is 3. The van der Waals surface area contributed by atoms with Crippen molar-refractivity contribution in [1.29, 1.82) is 0 Å². The molecule has 0 aromatic rings. The van der Waals surface area contributed by atoms with Gasteiger partial charge in [-0.1, -0.05) is 70.4 Å². The summed E-state index contributed by atoms with van der Waals surface area (Å²) in [5.41, 5.74) is 0.